The maximum Gasteiger partial charge on any atom is 0.228 e. The van der Waals surface area contributed by atoms with E-state index in [9.17, 15) is 9.18 Å². The average molecular weight is 326 g/mol. The molecule has 0 aromatic carbocycles. The number of aromatic nitrogens is 2. The number of pyridine rings is 2. The van der Waals surface area contributed by atoms with Gasteiger partial charge in [0.1, 0.15) is 5.82 Å². The first-order valence-corrected chi connectivity index (χ1v) is 8.17. The highest BCUT2D eigenvalue weighted by Gasteiger charge is 2.34. The maximum absolute atomic E-state index is 13.6. The molecule has 1 aliphatic heterocycles. The van der Waals surface area contributed by atoms with E-state index < -0.39 is 0 Å². The van der Waals surface area contributed by atoms with Crippen molar-refractivity contribution in [2.24, 2.45) is 5.92 Å². The number of aryl methyl sites for hydroxylation is 1. The Balaban J connectivity index is 1.89. The number of fused-ring (bicyclic) bond motifs is 3. The van der Waals surface area contributed by atoms with Gasteiger partial charge in [0.2, 0.25) is 5.91 Å². The highest BCUT2D eigenvalue weighted by atomic mass is 19.1. The molecular formula is C18H19FN4O. The lowest BCUT2D eigenvalue weighted by Gasteiger charge is -2.36. The number of hydrogen-bond acceptors (Lipinski definition) is 4. The Morgan fingerprint density at radius 3 is 2.83 bits per heavy atom. The second-order valence-corrected chi connectivity index (χ2v) is 6.65. The van der Waals surface area contributed by atoms with Crippen molar-refractivity contribution < 1.29 is 9.18 Å². The van der Waals surface area contributed by atoms with E-state index in [4.69, 9.17) is 0 Å². The van der Waals surface area contributed by atoms with E-state index in [2.05, 4.69) is 15.3 Å². The van der Waals surface area contributed by atoms with E-state index in [1.165, 1.54) is 12.3 Å². The monoisotopic (exact) mass is 326 g/mol. The third-order valence-electron chi connectivity index (χ3n) is 4.83. The van der Waals surface area contributed by atoms with Crippen LogP contribution in [0.1, 0.15) is 37.1 Å². The summed E-state index contributed by atoms with van der Waals surface area (Å²) in [6.07, 6.45) is 3.12. The maximum atomic E-state index is 13.6. The Hall–Kier alpha value is -2.50. The van der Waals surface area contributed by atoms with Gasteiger partial charge in [-0.15, -0.1) is 0 Å². The standard InChI is InChI=1S/C18H19FN4O/c1-9-6-14-15-13(7-12(19)8-20-15)10(2)23(3)16(14)17(21-9)22-18(24)11-4-5-11/h6-8,10-11H,4-5H2,1-3H3,(H,21,22,24). The van der Waals surface area contributed by atoms with Crippen LogP contribution in [0.2, 0.25) is 0 Å². The molecule has 2 aliphatic rings. The van der Waals surface area contributed by atoms with Gasteiger partial charge in [-0.05, 0) is 38.8 Å². The van der Waals surface area contributed by atoms with Gasteiger partial charge in [0, 0.05) is 29.8 Å². The minimum Gasteiger partial charge on any atom is -0.364 e. The molecule has 0 spiro atoms. The van der Waals surface area contributed by atoms with Crippen LogP contribution in [0.4, 0.5) is 15.9 Å². The molecule has 24 heavy (non-hydrogen) atoms. The quantitative estimate of drug-likeness (QED) is 0.918. The number of carbonyl (C=O) groups excluding carboxylic acids is 1. The lowest BCUT2D eigenvalue weighted by molar-refractivity contribution is -0.117. The van der Waals surface area contributed by atoms with Crippen molar-refractivity contribution in [3.05, 3.63) is 35.4 Å². The first-order chi connectivity index (χ1) is 11.5. The molecule has 5 nitrogen and oxygen atoms in total. The van der Waals surface area contributed by atoms with Crippen LogP contribution in [-0.4, -0.2) is 22.9 Å². The molecule has 1 atom stereocenters. The largest absolute Gasteiger partial charge is 0.364 e. The fraction of sp³-hybridized carbons (Fsp3) is 0.389. The van der Waals surface area contributed by atoms with Crippen molar-refractivity contribution in [3.8, 4) is 11.3 Å². The fourth-order valence-corrected chi connectivity index (χ4v) is 3.26. The molecule has 0 bridgehead atoms. The molecule has 3 heterocycles. The molecule has 1 fully saturated rings. The second-order valence-electron chi connectivity index (χ2n) is 6.65. The fourth-order valence-electron chi connectivity index (χ4n) is 3.26. The van der Waals surface area contributed by atoms with Crippen LogP contribution in [0.15, 0.2) is 18.3 Å². The van der Waals surface area contributed by atoms with Crippen molar-refractivity contribution in [2.75, 3.05) is 17.3 Å². The Labute approximate surface area is 139 Å². The van der Waals surface area contributed by atoms with Gasteiger partial charge in [0.15, 0.2) is 5.82 Å². The smallest absolute Gasteiger partial charge is 0.228 e. The zero-order chi connectivity index (χ0) is 17.0. The molecular weight excluding hydrogens is 307 g/mol. The minimum atomic E-state index is -0.342. The van der Waals surface area contributed by atoms with E-state index in [1.54, 1.807) is 0 Å². The SMILES string of the molecule is Cc1cc2c(c(NC(=O)C3CC3)n1)N(C)C(C)c1cc(F)cnc1-2. The first-order valence-electron chi connectivity index (χ1n) is 8.17. The number of carbonyl (C=O) groups is 1. The van der Waals surface area contributed by atoms with Crippen LogP contribution in [0, 0.1) is 18.7 Å². The Morgan fingerprint density at radius 2 is 2.12 bits per heavy atom. The summed E-state index contributed by atoms with van der Waals surface area (Å²) in [6, 6.07) is 3.41. The lowest BCUT2D eigenvalue weighted by Crippen LogP contribution is -2.29. The Morgan fingerprint density at radius 1 is 1.38 bits per heavy atom. The summed E-state index contributed by atoms with van der Waals surface area (Å²) in [5, 5.41) is 2.97. The predicted molar refractivity (Wildman–Crippen MR) is 90.3 cm³/mol. The normalized spacial score (nSPS) is 18.8. The number of amides is 1. The van der Waals surface area contributed by atoms with E-state index >= 15 is 0 Å². The van der Waals surface area contributed by atoms with E-state index in [0.717, 1.165) is 41.0 Å². The number of hydrogen-bond donors (Lipinski definition) is 1. The zero-order valence-electron chi connectivity index (χ0n) is 13.9. The molecule has 2 aromatic heterocycles. The summed E-state index contributed by atoms with van der Waals surface area (Å²) in [5.74, 6) is 0.349. The van der Waals surface area contributed by atoms with Gasteiger partial charge in [-0.2, -0.15) is 0 Å². The highest BCUT2D eigenvalue weighted by molar-refractivity contribution is 5.99. The topological polar surface area (TPSA) is 58.1 Å². The van der Waals surface area contributed by atoms with Gasteiger partial charge in [-0.25, -0.2) is 9.37 Å². The van der Waals surface area contributed by atoms with Crippen molar-refractivity contribution in [3.63, 3.8) is 0 Å². The van der Waals surface area contributed by atoms with Gasteiger partial charge >= 0.3 is 0 Å². The van der Waals surface area contributed by atoms with Crippen molar-refractivity contribution in [2.45, 2.75) is 32.7 Å². The molecule has 0 saturated heterocycles. The van der Waals surface area contributed by atoms with Crippen LogP contribution in [0.25, 0.3) is 11.3 Å². The van der Waals surface area contributed by atoms with Crippen molar-refractivity contribution in [1.82, 2.24) is 9.97 Å². The molecule has 6 heteroatoms. The van der Waals surface area contributed by atoms with E-state index in [0.29, 0.717) is 5.82 Å². The summed E-state index contributed by atoms with van der Waals surface area (Å²) >= 11 is 0. The molecule has 1 aliphatic carbocycles. The van der Waals surface area contributed by atoms with E-state index in [-0.39, 0.29) is 23.7 Å². The molecule has 1 saturated carbocycles. The van der Waals surface area contributed by atoms with Gasteiger partial charge in [-0.1, -0.05) is 0 Å². The number of nitrogens with zero attached hydrogens (tertiary/aromatic N) is 3. The Bertz CT molecular complexity index is 847. The summed E-state index contributed by atoms with van der Waals surface area (Å²) < 4.78 is 13.6. The van der Waals surface area contributed by atoms with Crippen LogP contribution in [0.5, 0.6) is 0 Å². The number of anilines is 2. The number of rotatable bonds is 2. The van der Waals surface area contributed by atoms with Gasteiger partial charge in [0.25, 0.3) is 0 Å². The molecule has 4 rings (SSSR count). The molecule has 0 radical (unpaired) electrons. The minimum absolute atomic E-state index is 0.0224. The lowest BCUT2D eigenvalue weighted by atomic mass is 9.93. The van der Waals surface area contributed by atoms with Crippen LogP contribution < -0.4 is 10.2 Å². The number of halogens is 1. The molecule has 124 valence electrons. The molecule has 1 N–H and O–H groups in total. The highest BCUT2D eigenvalue weighted by Crippen LogP contribution is 2.46. The summed E-state index contributed by atoms with van der Waals surface area (Å²) in [7, 11) is 1.93. The van der Waals surface area contributed by atoms with E-state index in [1.807, 2.05) is 31.9 Å². The van der Waals surface area contributed by atoms with Crippen molar-refractivity contribution in [1.29, 1.82) is 0 Å². The van der Waals surface area contributed by atoms with Crippen LogP contribution >= 0.6 is 0 Å². The molecule has 2 aromatic rings. The average Bonchev–Trinajstić information content (AvgIpc) is 3.37. The van der Waals surface area contributed by atoms with Crippen molar-refractivity contribution >= 4 is 17.4 Å². The second kappa shape index (κ2) is 5.26. The zero-order valence-corrected chi connectivity index (χ0v) is 13.9. The van der Waals surface area contributed by atoms with Crippen LogP contribution in [0.3, 0.4) is 0 Å². The third-order valence-corrected chi connectivity index (χ3v) is 4.83. The molecule has 1 unspecified atom stereocenters. The predicted octanol–water partition coefficient (Wildman–Crippen LogP) is 3.45. The summed E-state index contributed by atoms with van der Waals surface area (Å²) in [5.41, 5.74) is 4.11. The van der Waals surface area contributed by atoms with Gasteiger partial charge in [-0.3, -0.25) is 9.78 Å². The summed E-state index contributed by atoms with van der Waals surface area (Å²) in [4.78, 5) is 23.1. The Kier molecular flexibility index (Phi) is 3.30. The van der Waals surface area contributed by atoms with Gasteiger partial charge < -0.3 is 10.2 Å². The van der Waals surface area contributed by atoms with Crippen LogP contribution in [-0.2, 0) is 4.79 Å². The first kappa shape index (κ1) is 15.1. The van der Waals surface area contributed by atoms with Gasteiger partial charge in [0.05, 0.1) is 23.6 Å². The third kappa shape index (κ3) is 2.33. The number of nitrogens with one attached hydrogen (secondary N) is 1. The summed E-state index contributed by atoms with van der Waals surface area (Å²) in [6.45, 7) is 3.88. The molecule has 1 amide bonds.